The Morgan fingerprint density at radius 2 is 1.88 bits per heavy atom. The minimum atomic E-state index is -0.526. The molecule has 0 fully saturated rings. The number of carbonyl (C=O) groups is 2. The molecular weight excluding hydrogens is 384 g/mol. The summed E-state index contributed by atoms with van der Waals surface area (Å²) in [6.45, 7) is 2.02. The zero-order valence-corrected chi connectivity index (χ0v) is 15.0. The van der Waals surface area contributed by atoms with E-state index < -0.39 is 11.9 Å². The monoisotopic (exact) mass is 398 g/mol. The lowest BCUT2D eigenvalue weighted by Gasteiger charge is -2.06. The molecule has 25 heavy (non-hydrogen) atoms. The number of ether oxygens (including phenoxy) is 1. The Bertz CT molecular complexity index is 852. The number of nitrogens with one attached hydrogen (secondary N) is 1. The molecule has 0 aliphatic heterocycles. The van der Waals surface area contributed by atoms with E-state index in [9.17, 15) is 14.9 Å². The average molecular weight is 399 g/mol. The Morgan fingerprint density at radius 1 is 1.20 bits per heavy atom. The number of rotatable bonds is 5. The van der Waals surface area contributed by atoms with Crippen LogP contribution >= 0.6 is 15.9 Å². The van der Waals surface area contributed by atoms with Crippen molar-refractivity contribution in [2.45, 2.75) is 6.92 Å². The smallest absolute Gasteiger partial charge is 0.338 e. The van der Waals surface area contributed by atoms with E-state index in [-0.39, 0.29) is 5.57 Å². The van der Waals surface area contributed by atoms with Crippen LogP contribution in [0, 0.1) is 11.3 Å². The van der Waals surface area contributed by atoms with E-state index in [4.69, 9.17) is 4.74 Å². The first-order valence-corrected chi connectivity index (χ1v) is 8.29. The fourth-order valence-corrected chi connectivity index (χ4v) is 2.40. The van der Waals surface area contributed by atoms with Crippen molar-refractivity contribution in [3.63, 3.8) is 0 Å². The molecule has 0 spiro atoms. The third kappa shape index (κ3) is 5.03. The molecule has 126 valence electrons. The lowest BCUT2D eigenvalue weighted by atomic mass is 10.1. The number of carbonyl (C=O) groups excluding carboxylic acids is 2. The van der Waals surface area contributed by atoms with Gasteiger partial charge in [0.15, 0.2) is 0 Å². The Kier molecular flexibility index (Phi) is 6.49. The number of nitrogens with zero attached hydrogens (tertiary/aromatic N) is 1. The summed E-state index contributed by atoms with van der Waals surface area (Å²) in [4.78, 5) is 23.9. The Labute approximate surface area is 154 Å². The van der Waals surface area contributed by atoms with Crippen LogP contribution in [0.25, 0.3) is 6.08 Å². The highest BCUT2D eigenvalue weighted by Crippen LogP contribution is 2.19. The first kappa shape index (κ1) is 18.4. The quantitative estimate of drug-likeness (QED) is 0.465. The summed E-state index contributed by atoms with van der Waals surface area (Å²) in [5.74, 6) is -0.950. The average Bonchev–Trinajstić information content (AvgIpc) is 2.61. The van der Waals surface area contributed by atoms with Gasteiger partial charge in [-0.15, -0.1) is 0 Å². The van der Waals surface area contributed by atoms with E-state index in [0.29, 0.717) is 17.9 Å². The molecule has 0 aliphatic rings. The van der Waals surface area contributed by atoms with Crippen molar-refractivity contribution >= 4 is 39.6 Å². The van der Waals surface area contributed by atoms with Crippen LogP contribution in [0.5, 0.6) is 0 Å². The third-order valence-electron chi connectivity index (χ3n) is 3.22. The molecule has 0 bridgehead atoms. The zero-order valence-electron chi connectivity index (χ0n) is 13.5. The topological polar surface area (TPSA) is 79.2 Å². The molecule has 0 aromatic heterocycles. The van der Waals surface area contributed by atoms with Crippen LogP contribution in [0.1, 0.15) is 22.8 Å². The van der Waals surface area contributed by atoms with E-state index >= 15 is 0 Å². The van der Waals surface area contributed by atoms with Gasteiger partial charge in [0.2, 0.25) is 0 Å². The van der Waals surface area contributed by atoms with Crippen LogP contribution in [0.15, 0.2) is 58.6 Å². The molecule has 0 aliphatic carbocycles. The van der Waals surface area contributed by atoms with Crippen molar-refractivity contribution in [3.05, 3.63) is 69.7 Å². The van der Waals surface area contributed by atoms with E-state index in [2.05, 4.69) is 21.2 Å². The molecule has 2 rings (SSSR count). The van der Waals surface area contributed by atoms with Gasteiger partial charge in [-0.25, -0.2) is 4.79 Å². The minimum absolute atomic E-state index is 0.0265. The van der Waals surface area contributed by atoms with Crippen molar-refractivity contribution in [2.24, 2.45) is 0 Å². The first-order valence-electron chi connectivity index (χ1n) is 7.50. The highest BCUT2D eigenvalue weighted by molar-refractivity contribution is 9.10. The van der Waals surface area contributed by atoms with Gasteiger partial charge in [0.05, 0.1) is 12.2 Å². The zero-order chi connectivity index (χ0) is 18.2. The van der Waals surface area contributed by atoms with Gasteiger partial charge in [-0.3, -0.25) is 4.79 Å². The van der Waals surface area contributed by atoms with E-state index in [0.717, 1.165) is 10.0 Å². The summed E-state index contributed by atoms with van der Waals surface area (Å²) in [6, 6.07) is 15.4. The first-order chi connectivity index (χ1) is 12.0. The van der Waals surface area contributed by atoms with Gasteiger partial charge in [-0.1, -0.05) is 34.1 Å². The fourth-order valence-electron chi connectivity index (χ4n) is 2.00. The third-order valence-corrected chi connectivity index (χ3v) is 3.95. The number of benzene rings is 2. The second-order valence-corrected chi connectivity index (χ2v) is 5.80. The van der Waals surface area contributed by atoms with Crippen LogP contribution in [0.4, 0.5) is 5.69 Å². The predicted molar refractivity (Wildman–Crippen MR) is 98.8 cm³/mol. The summed E-state index contributed by atoms with van der Waals surface area (Å²) in [6.07, 6.45) is 1.51. The van der Waals surface area contributed by atoms with Gasteiger partial charge in [0, 0.05) is 10.2 Å². The van der Waals surface area contributed by atoms with E-state index in [1.165, 1.54) is 6.08 Å². The van der Waals surface area contributed by atoms with Gasteiger partial charge in [0.25, 0.3) is 5.91 Å². The van der Waals surface area contributed by atoms with Crippen LogP contribution in [-0.2, 0) is 9.53 Å². The molecule has 5 nitrogen and oxygen atoms in total. The second-order valence-electron chi connectivity index (χ2n) is 4.94. The van der Waals surface area contributed by atoms with E-state index in [1.54, 1.807) is 37.3 Å². The highest BCUT2D eigenvalue weighted by atomic mass is 79.9. The molecule has 6 heteroatoms. The summed E-state index contributed by atoms with van der Waals surface area (Å²) in [5, 5.41) is 11.9. The maximum absolute atomic E-state index is 12.3. The maximum Gasteiger partial charge on any atom is 0.338 e. The van der Waals surface area contributed by atoms with Gasteiger partial charge in [-0.2, -0.15) is 5.26 Å². The van der Waals surface area contributed by atoms with Gasteiger partial charge in [0.1, 0.15) is 11.6 Å². The Morgan fingerprint density at radius 3 is 2.48 bits per heavy atom. The summed E-state index contributed by atoms with van der Waals surface area (Å²) < 4.78 is 5.69. The van der Waals surface area contributed by atoms with Crippen LogP contribution < -0.4 is 5.32 Å². The molecule has 0 heterocycles. The minimum Gasteiger partial charge on any atom is -0.462 e. The van der Waals surface area contributed by atoms with Crippen molar-refractivity contribution in [1.82, 2.24) is 0 Å². The van der Waals surface area contributed by atoms with Gasteiger partial charge in [-0.05, 0) is 48.9 Å². The number of esters is 1. The van der Waals surface area contributed by atoms with Crippen LogP contribution in [-0.4, -0.2) is 18.5 Å². The normalized spacial score (nSPS) is 10.7. The maximum atomic E-state index is 12.3. The molecule has 1 N–H and O–H groups in total. The van der Waals surface area contributed by atoms with Crippen molar-refractivity contribution in [2.75, 3.05) is 11.9 Å². The number of amides is 1. The Balaban J connectivity index is 2.14. The van der Waals surface area contributed by atoms with E-state index in [1.807, 2.05) is 24.3 Å². The largest absolute Gasteiger partial charge is 0.462 e. The number of nitriles is 1. The molecule has 0 unspecified atom stereocenters. The fraction of sp³-hybridized carbons (Fsp3) is 0.105. The van der Waals surface area contributed by atoms with Gasteiger partial charge >= 0.3 is 5.97 Å². The number of halogens is 1. The summed E-state index contributed by atoms with van der Waals surface area (Å²) in [5.41, 5.74) is 1.57. The van der Waals surface area contributed by atoms with Crippen molar-refractivity contribution in [3.8, 4) is 6.07 Å². The number of hydrogen-bond donors (Lipinski definition) is 1. The van der Waals surface area contributed by atoms with Crippen LogP contribution in [0.3, 0.4) is 0 Å². The SMILES string of the molecule is CCOC(=O)c1ccc(NC(=O)/C(C#N)=C/c2ccccc2Br)cc1. The lowest BCUT2D eigenvalue weighted by molar-refractivity contribution is -0.112. The van der Waals surface area contributed by atoms with Crippen molar-refractivity contribution in [1.29, 1.82) is 5.26 Å². The molecule has 0 saturated heterocycles. The molecule has 0 radical (unpaired) electrons. The lowest BCUT2D eigenvalue weighted by Crippen LogP contribution is -2.13. The van der Waals surface area contributed by atoms with Gasteiger partial charge < -0.3 is 10.1 Å². The molecule has 1 amide bonds. The molecule has 0 atom stereocenters. The predicted octanol–water partition coefficient (Wildman–Crippen LogP) is 4.17. The number of anilines is 1. The molecule has 2 aromatic carbocycles. The standard InChI is InChI=1S/C19H15BrN2O3/c1-2-25-19(24)13-7-9-16(10-8-13)22-18(23)15(12-21)11-14-5-3-4-6-17(14)20/h3-11H,2H2,1H3,(H,22,23)/b15-11+. The second kappa shape index (κ2) is 8.81. The Hall–Kier alpha value is -2.91. The molecule has 0 saturated carbocycles. The molecule has 2 aromatic rings. The van der Waals surface area contributed by atoms with Crippen molar-refractivity contribution < 1.29 is 14.3 Å². The van der Waals surface area contributed by atoms with Crippen LogP contribution in [0.2, 0.25) is 0 Å². The summed E-state index contributed by atoms with van der Waals surface area (Å²) in [7, 11) is 0. The highest BCUT2D eigenvalue weighted by Gasteiger charge is 2.11. The summed E-state index contributed by atoms with van der Waals surface area (Å²) >= 11 is 3.37. The molecular formula is C19H15BrN2O3. The number of hydrogen-bond acceptors (Lipinski definition) is 4.